The Kier molecular flexibility index (Phi) is 2.65. The van der Waals surface area contributed by atoms with Gasteiger partial charge < -0.3 is 5.32 Å². The SMILES string of the molecule is Cc1ccc2sc(C3CCCNC3)nc2c1. The average molecular weight is 232 g/mol. The Hall–Kier alpha value is -0.930. The molecule has 2 aromatic rings. The van der Waals surface area contributed by atoms with Gasteiger partial charge in [-0.2, -0.15) is 0 Å². The van der Waals surface area contributed by atoms with Crippen molar-refractivity contribution in [2.45, 2.75) is 25.7 Å². The first-order valence-electron chi connectivity index (χ1n) is 5.91. The second kappa shape index (κ2) is 4.15. The number of nitrogens with one attached hydrogen (secondary N) is 1. The van der Waals surface area contributed by atoms with Gasteiger partial charge in [0.1, 0.15) is 0 Å². The molecule has 84 valence electrons. The molecule has 1 aromatic heterocycles. The van der Waals surface area contributed by atoms with Crippen LogP contribution in [-0.4, -0.2) is 18.1 Å². The summed E-state index contributed by atoms with van der Waals surface area (Å²) in [6.07, 6.45) is 2.56. The second-order valence-electron chi connectivity index (χ2n) is 4.57. The van der Waals surface area contributed by atoms with E-state index in [2.05, 4.69) is 30.4 Å². The quantitative estimate of drug-likeness (QED) is 0.817. The average Bonchev–Trinajstić information content (AvgIpc) is 2.73. The summed E-state index contributed by atoms with van der Waals surface area (Å²) in [6.45, 7) is 4.39. The third kappa shape index (κ3) is 1.85. The summed E-state index contributed by atoms with van der Waals surface area (Å²) in [7, 11) is 0. The van der Waals surface area contributed by atoms with Crippen LogP contribution < -0.4 is 5.32 Å². The Morgan fingerprint density at radius 1 is 1.44 bits per heavy atom. The van der Waals surface area contributed by atoms with Gasteiger partial charge in [-0.1, -0.05) is 6.07 Å². The summed E-state index contributed by atoms with van der Waals surface area (Å²) in [5, 5.41) is 4.77. The fourth-order valence-electron chi connectivity index (χ4n) is 2.29. The van der Waals surface area contributed by atoms with Gasteiger partial charge in [0.05, 0.1) is 15.2 Å². The molecule has 1 aromatic carbocycles. The Bertz CT molecular complexity index is 498. The summed E-state index contributed by atoms with van der Waals surface area (Å²) in [4.78, 5) is 4.78. The van der Waals surface area contributed by atoms with Crippen LogP contribution in [0.25, 0.3) is 10.2 Å². The van der Waals surface area contributed by atoms with E-state index in [-0.39, 0.29) is 0 Å². The lowest BCUT2D eigenvalue weighted by molar-refractivity contribution is 0.461. The molecule has 1 N–H and O–H groups in total. The number of hydrogen-bond donors (Lipinski definition) is 1. The number of hydrogen-bond acceptors (Lipinski definition) is 3. The number of benzene rings is 1. The summed E-state index contributed by atoms with van der Waals surface area (Å²) >= 11 is 1.86. The maximum atomic E-state index is 4.78. The molecule has 1 saturated heterocycles. The van der Waals surface area contributed by atoms with Crippen molar-refractivity contribution >= 4 is 21.6 Å². The fourth-order valence-corrected chi connectivity index (χ4v) is 3.37. The maximum absolute atomic E-state index is 4.78. The van der Waals surface area contributed by atoms with Crippen molar-refractivity contribution in [1.82, 2.24) is 10.3 Å². The highest BCUT2D eigenvalue weighted by atomic mass is 32.1. The molecule has 1 aliphatic rings. The van der Waals surface area contributed by atoms with Crippen molar-refractivity contribution in [2.24, 2.45) is 0 Å². The molecule has 0 radical (unpaired) electrons. The lowest BCUT2D eigenvalue weighted by Gasteiger charge is -2.20. The van der Waals surface area contributed by atoms with Gasteiger partial charge in [0.2, 0.25) is 0 Å². The van der Waals surface area contributed by atoms with Crippen molar-refractivity contribution in [3.63, 3.8) is 0 Å². The van der Waals surface area contributed by atoms with Crippen LogP contribution in [0.5, 0.6) is 0 Å². The Balaban J connectivity index is 1.97. The molecular weight excluding hydrogens is 216 g/mol. The highest BCUT2D eigenvalue weighted by Crippen LogP contribution is 2.31. The van der Waals surface area contributed by atoms with Gasteiger partial charge in [0, 0.05) is 12.5 Å². The lowest BCUT2D eigenvalue weighted by Crippen LogP contribution is -2.28. The molecule has 0 amide bonds. The molecule has 0 bridgehead atoms. The summed E-state index contributed by atoms with van der Waals surface area (Å²) < 4.78 is 1.33. The number of aromatic nitrogens is 1. The summed E-state index contributed by atoms with van der Waals surface area (Å²) in [5.74, 6) is 0.631. The molecule has 16 heavy (non-hydrogen) atoms. The molecule has 3 rings (SSSR count). The zero-order chi connectivity index (χ0) is 11.0. The minimum absolute atomic E-state index is 0.631. The summed E-state index contributed by atoms with van der Waals surface area (Å²) in [6, 6.07) is 6.55. The van der Waals surface area contributed by atoms with Crippen LogP contribution in [0.4, 0.5) is 0 Å². The van der Waals surface area contributed by atoms with Crippen molar-refractivity contribution in [3.8, 4) is 0 Å². The molecule has 0 aliphatic carbocycles. The van der Waals surface area contributed by atoms with Gasteiger partial charge in [-0.3, -0.25) is 0 Å². The van der Waals surface area contributed by atoms with Crippen LogP contribution >= 0.6 is 11.3 Å². The fraction of sp³-hybridized carbons (Fsp3) is 0.462. The summed E-state index contributed by atoms with van der Waals surface area (Å²) in [5.41, 5.74) is 2.47. The lowest BCUT2D eigenvalue weighted by atomic mass is 10.0. The third-order valence-electron chi connectivity index (χ3n) is 3.21. The number of aryl methyl sites for hydroxylation is 1. The zero-order valence-corrected chi connectivity index (χ0v) is 10.3. The standard InChI is InChI=1S/C13H16N2S/c1-9-4-5-12-11(7-9)15-13(16-12)10-3-2-6-14-8-10/h4-5,7,10,14H,2-3,6,8H2,1H3. The molecule has 1 unspecified atom stereocenters. The molecule has 1 atom stereocenters. The third-order valence-corrected chi connectivity index (χ3v) is 4.40. The molecule has 1 fully saturated rings. The van der Waals surface area contributed by atoms with Crippen molar-refractivity contribution in [1.29, 1.82) is 0 Å². The van der Waals surface area contributed by atoms with Crippen LogP contribution in [0.1, 0.15) is 29.3 Å². The zero-order valence-electron chi connectivity index (χ0n) is 9.49. The Morgan fingerprint density at radius 2 is 2.38 bits per heavy atom. The largest absolute Gasteiger partial charge is 0.316 e. The van der Waals surface area contributed by atoms with E-state index >= 15 is 0 Å². The van der Waals surface area contributed by atoms with Crippen molar-refractivity contribution < 1.29 is 0 Å². The molecule has 0 saturated carbocycles. The van der Waals surface area contributed by atoms with E-state index < -0.39 is 0 Å². The number of rotatable bonds is 1. The van der Waals surface area contributed by atoms with E-state index in [0.717, 1.165) is 6.54 Å². The van der Waals surface area contributed by atoms with E-state index in [1.54, 1.807) is 0 Å². The monoisotopic (exact) mass is 232 g/mol. The smallest absolute Gasteiger partial charge is 0.0982 e. The van der Waals surface area contributed by atoms with Crippen molar-refractivity contribution in [2.75, 3.05) is 13.1 Å². The first-order valence-corrected chi connectivity index (χ1v) is 6.72. The van der Waals surface area contributed by atoms with Gasteiger partial charge in [-0.25, -0.2) is 4.98 Å². The highest BCUT2D eigenvalue weighted by Gasteiger charge is 2.18. The van der Waals surface area contributed by atoms with E-state index in [0.29, 0.717) is 5.92 Å². The minimum Gasteiger partial charge on any atom is -0.316 e. The van der Waals surface area contributed by atoms with E-state index in [4.69, 9.17) is 4.98 Å². The number of fused-ring (bicyclic) bond motifs is 1. The van der Waals surface area contributed by atoms with Gasteiger partial charge in [0.25, 0.3) is 0 Å². The molecule has 2 nitrogen and oxygen atoms in total. The predicted molar refractivity (Wildman–Crippen MR) is 69.2 cm³/mol. The van der Waals surface area contributed by atoms with Crippen LogP contribution in [0.2, 0.25) is 0 Å². The van der Waals surface area contributed by atoms with E-state index in [1.165, 1.54) is 40.2 Å². The molecular formula is C13H16N2S. The minimum atomic E-state index is 0.631. The van der Waals surface area contributed by atoms with Crippen LogP contribution in [0.15, 0.2) is 18.2 Å². The van der Waals surface area contributed by atoms with Gasteiger partial charge >= 0.3 is 0 Å². The number of thiazole rings is 1. The normalized spacial score (nSPS) is 21.4. The predicted octanol–water partition coefficient (Wildman–Crippen LogP) is 3.07. The van der Waals surface area contributed by atoms with Crippen molar-refractivity contribution in [3.05, 3.63) is 28.8 Å². The van der Waals surface area contributed by atoms with E-state index in [1.807, 2.05) is 11.3 Å². The van der Waals surface area contributed by atoms with Gasteiger partial charge in [-0.05, 0) is 44.0 Å². The maximum Gasteiger partial charge on any atom is 0.0982 e. The molecule has 1 aliphatic heterocycles. The van der Waals surface area contributed by atoms with E-state index in [9.17, 15) is 0 Å². The number of piperidine rings is 1. The highest BCUT2D eigenvalue weighted by molar-refractivity contribution is 7.18. The van der Waals surface area contributed by atoms with Crippen LogP contribution in [0.3, 0.4) is 0 Å². The topological polar surface area (TPSA) is 24.9 Å². The molecule has 0 spiro atoms. The van der Waals surface area contributed by atoms with Gasteiger partial charge in [0.15, 0.2) is 0 Å². The Morgan fingerprint density at radius 3 is 3.19 bits per heavy atom. The Labute approximate surface area is 99.7 Å². The first kappa shape index (κ1) is 10.2. The molecule has 3 heteroatoms. The van der Waals surface area contributed by atoms with Crippen LogP contribution in [-0.2, 0) is 0 Å². The second-order valence-corrected chi connectivity index (χ2v) is 5.63. The first-order chi connectivity index (χ1) is 7.83. The van der Waals surface area contributed by atoms with Crippen LogP contribution in [0, 0.1) is 6.92 Å². The van der Waals surface area contributed by atoms with Gasteiger partial charge in [-0.15, -0.1) is 11.3 Å². The molecule has 2 heterocycles. The number of nitrogens with zero attached hydrogens (tertiary/aromatic N) is 1.